The van der Waals surface area contributed by atoms with Crippen LogP contribution < -0.4 is 0 Å². The van der Waals surface area contributed by atoms with Gasteiger partial charge in [-0.15, -0.1) is 0 Å². The molecule has 1 aliphatic carbocycles. The third-order valence-electron chi connectivity index (χ3n) is 2.29. The standard InChI is InChI=1S/C9H16O3.C2H6/c1-3-12-9(11-2)7-5-4-6-8(9)10;1-2/h3-7H2,1-2H3;1-2H3. The summed E-state index contributed by atoms with van der Waals surface area (Å²) in [7, 11) is 1.54. The van der Waals surface area contributed by atoms with Crippen LogP contribution in [0.2, 0.25) is 0 Å². The molecule has 1 fully saturated rings. The van der Waals surface area contributed by atoms with Crippen molar-refractivity contribution in [3.8, 4) is 0 Å². The summed E-state index contributed by atoms with van der Waals surface area (Å²) in [5, 5.41) is 0. The summed E-state index contributed by atoms with van der Waals surface area (Å²) in [5.41, 5.74) is 0. The summed E-state index contributed by atoms with van der Waals surface area (Å²) in [6.45, 7) is 6.40. The van der Waals surface area contributed by atoms with Gasteiger partial charge in [0.1, 0.15) is 0 Å². The SMILES string of the molecule is CC.CCOC1(OC)CCCCC1=O. The van der Waals surface area contributed by atoms with Crippen molar-refractivity contribution in [1.82, 2.24) is 0 Å². The Balaban J connectivity index is 0.000000791. The molecule has 1 aliphatic rings. The van der Waals surface area contributed by atoms with E-state index < -0.39 is 5.79 Å². The van der Waals surface area contributed by atoms with Crippen molar-refractivity contribution in [3.63, 3.8) is 0 Å². The van der Waals surface area contributed by atoms with Crippen LogP contribution in [0.25, 0.3) is 0 Å². The second-order valence-electron chi connectivity index (χ2n) is 3.02. The summed E-state index contributed by atoms with van der Waals surface area (Å²) in [6.07, 6.45) is 3.28. The average Bonchev–Trinajstić information content (AvgIpc) is 2.25. The van der Waals surface area contributed by atoms with E-state index in [-0.39, 0.29) is 5.78 Å². The van der Waals surface area contributed by atoms with Crippen molar-refractivity contribution >= 4 is 5.78 Å². The molecule has 0 radical (unpaired) electrons. The number of rotatable bonds is 3. The molecule has 1 rings (SSSR count). The van der Waals surface area contributed by atoms with Crippen LogP contribution in [-0.2, 0) is 14.3 Å². The van der Waals surface area contributed by atoms with Crippen LogP contribution >= 0.6 is 0 Å². The van der Waals surface area contributed by atoms with Crippen LogP contribution in [0.3, 0.4) is 0 Å². The molecule has 0 spiro atoms. The molecule has 14 heavy (non-hydrogen) atoms. The molecule has 3 nitrogen and oxygen atoms in total. The van der Waals surface area contributed by atoms with E-state index in [0.717, 1.165) is 12.8 Å². The molecule has 0 heterocycles. The summed E-state index contributed by atoms with van der Waals surface area (Å²) >= 11 is 0. The van der Waals surface area contributed by atoms with E-state index in [1.54, 1.807) is 7.11 Å². The zero-order chi connectivity index (χ0) is 11.0. The molecule has 1 unspecified atom stereocenters. The van der Waals surface area contributed by atoms with E-state index in [2.05, 4.69) is 0 Å². The highest BCUT2D eigenvalue weighted by Crippen LogP contribution is 2.28. The first kappa shape index (κ1) is 13.6. The quantitative estimate of drug-likeness (QED) is 0.660. The van der Waals surface area contributed by atoms with Crippen molar-refractivity contribution in [2.75, 3.05) is 13.7 Å². The van der Waals surface area contributed by atoms with Gasteiger partial charge in [0, 0.05) is 26.6 Å². The summed E-state index contributed by atoms with van der Waals surface area (Å²) in [6, 6.07) is 0. The van der Waals surface area contributed by atoms with E-state index in [1.807, 2.05) is 20.8 Å². The summed E-state index contributed by atoms with van der Waals surface area (Å²) in [4.78, 5) is 11.5. The van der Waals surface area contributed by atoms with Crippen molar-refractivity contribution < 1.29 is 14.3 Å². The minimum Gasteiger partial charge on any atom is -0.347 e. The Labute approximate surface area is 86.8 Å². The average molecular weight is 202 g/mol. The number of hydrogen-bond acceptors (Lipinski definition) is 3. The fourth-order valence-corrected chi connectivity index (χ4v) is 1.63. The number of ether oxygens (including phenoxy) is 2. The number of methoxy groups -OCH3 is 1. The van der Waals surface area contributed by atoms with Crippen molar-refractivity contribution in [3.05, 3.63) is 0 Å². The predicted molar refractivity (Wildman–Crippen MR) is 56.2 cm³/mol. The fraction of sp³-hybridized carbons (Fsp3) is 0.909. The van der Waals surface area contributed by atoms with Crippen LogP contribution in [0.5, 0.6) is 0 Å². The third-order valence-corrected chi connectivity index (χ3v) is 2.29. The molecular formula is C11H22O3. The highest BCUT2D eigenvalue weighted by atomic mass is 16.7. The molecule has 0 aromatic carbocycles. The largest absolute Gasteiger partial charge is 0.347 e. The van der Waals surface area contributed by atoms with Gasteiger partial charge in [0.05, 0.1) is 0 Å². The molecule has 0 aliphatic heterocycles. The third kappa shape index (κ3) is 3.07. The van der Waals surface area contributed by atoms with Gasteiger partial charge in [0.25, 0.3) is 0 Å². The first-order chi connectivity index (χ1) is 6.75. The molecule has 0 N–H and O–H groups in total. The molecule has 0 aromatic rings. The fourth-order valence-electron chi connectivity index (χ4n) is 1.63. The lowest BCUT2D eigenvalue weighted by molar-refractivity contribution is -0.224. The maximum absolute atomic E-state index is 11.5. The lowest BCUT2D eigenvalue weighted by Gasteiger charge is -2.33. The van der Waals surface area contributed by atoms with E-state index in [4.69, 9.17) is 9.47 Å². The van der Waals surface area contributed by atoms with Gasteiger partial charge < -0.3 is 9.47 Å². The van der Waals surface area contributed by atoms with Gasteiger partial charge in [-0.3, -0.25) is 4.79 Å². The van der Waals surface area contributed by atoms with E-state index in [0.29, 0.717) is 19.4 Å². The molecule has 3 heteroatoms. The van der Waals surface area contributed by atoms with Gasteiger partial charge >= 0.3 is 0 Å². The Morgan fingerprint density at radius 3 is 2.43 bits per heavy atom. The van der Waals surface area contributed by atoms with Crippen LogP contribution in [0.4, 0.5) is 0 Å². The highest BCUT2D eigenvalue weighted by Gasteiger charge is 2.40. The Kier molecular flexibility index (Phi) is 6.75. The molecule has 84 valence electrons. The topological polar surface area (TPSA) is 35.5 Å². The van der Waals surface area contributed by atoms with Gasteiger partial charge in [-0.1, -0.05) is 13.8 Å². The Hall–Kier alpha value is -0.410. The predicted octanol–water partition coefficient (Wildman–Crippen LogP) is 2.53. The lowest BCUT2D eigenvalue weighted by Crippen LogP contribution is -2.45. The van der Waals surface area contributed by atoms with Gasteiger partial charge in [-0.25, -0.2) is 0 Å². The second-order valence-corrected chi connectivity index (χ2v) is 3.02. The van der Waals surface area contributed by atoms with Crippen LogP contribution in [0.1, 0.15) is 46.5 Å². The van der Waals surface area contributed by atoms with Crippen molar-refractivity contribution in [2.24, 2.45) is 0 Å². The van der Waals surface area contributed by atoms with Crippen molar-refractivity contribution in [2.45, 2.75) is 52.2 Å². The van der Waals surface area contributed by atoms with Crippen LogP contribution in [-0.4, -0.2) is 25.3 Å². The number of carbonyl (C=O) groups excluding carboxylic acids is 1. The number of hydrogen-bond donors (Lipinski definition) is 0. The maximum Gasteiger partial charge on any atom is 0.228 e. The zero-order valence-electron chi connectivity index (χ0n) is 9.76. The van der Waals surface area contributed by atoms with Crippen molar-refractivity contribution in [1.29, 1.82) is 0 Å². The van der Waals surface area contributed by atoms with Gasteiger partial charge in [-0.2, -0.15) is 0 Å². The minimum absolute atomic E-state index is 0.0955. The first-order valence-corrected chi connectivity index (χ1v) is 5.47. The Bertz CT molecular complexity index is 164. The minimum atomic E-state index is -0.910. The highest BCUT2D eigenvalue weighted by molar-refractivity contribution is 5.86. The van der Waals surface area contributed by atoms with E-state index >= 15 is 0 Å². The van der Waals surface area contributed by atoms with Gasteiger partial charge in [-0.05, 0) is 19.8 Å². The molecule has 1 saturated carbocycles. The molecule has 1 atom stereocenters. The second kappa shape index (κ2) is 6.96. The molecule has 0 amide bonds. The Morgan fingerprint density at radius 1 is 1.36 bits per heavy atom. The van der Waals surface area contributed by atoms with E-state index in [1.165, 1.54) is 0 Å². The maximum atomic E-state index is 11.5. The molecule has 0 saturated heterocycles. The lowest BCUT2D eigenvalue weighted by atomic mass is 9.92. The number of Topliss-reactive ketones (excluding diaryl/α,β-unsaturated/α-hetero) is 1. The number of ketones is 1. The van der Waals surface area contributed by atoms with E-state index in [9.17, 15) is 4.79 Å². The monoisotopic (exact) mass is 202 g/mol. The number of carbonyl (C=O) groups is 1. The Morgan fingerprint density at radius 2 is 2.00 bits per heavy atom. The summed E-state index contributed by atoms with van der Waals surface area (Å²) < 4.78 is 10.5. The smallest absolute Gasteiger partial charge is 0.228 e. The van der Waals surface area contributed by atoms with Crippen LogP contribution in [0.15, 0.2) is 0 Å². The molecule has 0 aromatic heterocycles. The first-order valence-electron chi connectivity index (χ1n) is 5.47. The van der Waals surface area contributed by atoms with Gasteiger partial charge in [0.2, 0.25) is 5.79 Å². The normalized spacial score (nSPS) is 26.7. The van der Waals surface area contributed by atoms with Gasteiger partial charge in [0.15, 0.2) is 5.78 Å². The molecule has 0 bridgehead atoms. The summed E-state index contributed by atoms with van der Waals surface area (Å²) in [5.74, 6) is -0.814. The molecular weight excluding hydrogens is 180 g/mol. The zero-order valence-corrected chi connectivity index (χ0v) is 9.76. The van der Waals surface area contributed by atoms with Crippen LogP contribution in [0, 0.1) is 0 Å².